The third-order valence-electron chi connectivity index (χ3n) is 4.88. The second-order valence-electron chi connectivity index (χ2n) is 7.01. The Labute approximate surface area is 197 Å². The first-order valence-electron chi connectivity index (χ1n) is 10.4. The zero-order valence-electron chi connectivity index (χ0n) is 18.4. The summed E-state index contributed by atoms with van der Waals surface area (Å²) < 4.78 is 16.1. The van der Waals surface area contributed by atoms with Crippen molar-refractivity contribution in [2.75, 3.05) is 60.2 Å². The minimum Gasteiger partial charge on any atom is -0.493 e. The number of hydrogen-bond donors (Lipinski definition) is 3. The summed E-state index contributed by atoms with van der Waals surface area (Å²) in [4.78, 5) is 7.18. The van der Waals surface area contributed by atoms with Crippen LogP contribution >= 0.6 is 24.0 Å². The molecule has 0 unspecified atom stereocenters. The number of guanidine groups is 1. The quantitative estimate of drug-likeness (QED) is 0.226. The second kappa shape index (κ2) is 15.5. The van der Waals surface area contributed by atoms with Crippen LogP contribution in [-0.4, -0.2) is 82.2 Å². The number of piperidine rings is 1. The van der Waals surface area contributed by atoms with Crippen molar-refractivity contribution in [3.8, 4) is 11.5 Å². The zero-order chi connectivity index (χ0) is 20.9. The molecule has 1 aliphatic heterocycles. The van der Waals surface area contributed by atoms with E-state index in [0.29, 0.717) is 24.1 Å². The summed E-state index contributed by atoms with van der Waals surface area (Å²) in [5.41, 5.74) is 1.03. The second-order valence-corrected chi connectivity index (χ2v) is 7.01. The molecule has 2 rings (SSSR count). The fraction of sp³-hybridized carbons (Fsp3) is 0.667. The van der Waals surface area contributed by atoms with Crippen LogP contribution in [0.15, 0.2) is 23.2 Å². The topological polar surface area (TPSA) is 87.6 Å². The minimum absolute atomic E-state index is 0. The number of likely N-dealkylation sites (tertiary alicyclic amines) is 1. The molecule has 1 aromatic rings. The Morgan fingerprint density at radius 2 is 1.97 bits per heavy atom. The van der Waals surface area contributed by atoms with Gasteiger partial charge in [0, 0.05) is 39.3 Å². The van der Waals surface area contributed by atoms with Crippen molar-refractivity contribution in [3.05, 3.63) is 23.8 Å². The van der Waals surface area contributed by atoms with Crippen LogP contribution in [0.5, 0.6) is 11.5 Å². The molecule has 1 fully saturated rings. The van der Waals surface area contributed by atoms with E-state index in [1.54, 1.807) is 14.2 Å². The number of benzene rings is 1. The molecule has 0 radical (unpaired) electrons. The van der Waals surface area contributed by atoms with E-state index in [0.717, 1.165) is 57.2 Å². The number of halogens is 1. The van der Waals surface area contributed by atoms with Gasteiger partial charge in [-0.15, -0.1) is 24.0 Å². The van der Waals surface area contributed by atoms with Crippen molar-refractivity contribution >= 4 is 29.9 Å². The van der Waals surface area contributed by atoms with E-state index >= 15 is 0 Å². The molecule has 0 amide bonds. The fourth-order valence-corrected chi connectivity index (χ4v) is 3.29. The summed E-state index contributed by atoms with van der Waals surface area (Å²) >= 11 is 0. The number of nitrogens with zero attached hydrogens (tertiary/aromatic N) is 2. The van der Waals surface area contributed by atoms with Gasteiger partial charge in [-0.3, -0.25) is 0 Å². The zero-order valence-corrected chi connectivity index (χ0v) is 20.7. The van der Waals surface area contributed by atoms with Gasteiger partial charge in [0.2, 0.25) is 0 Å². The number of aliphatic hydroxyl groups excluding tert-OH is 1. The Kier molecular flexibility index (Phi) is 13.8. The summed E-state index contributed by atoms with van der Waals surface area (Å²) in [6.07, 6.45) is 2.19. The molecule has 0 atom stereocenters. The van der Waals surface area contributed by atoms with Crippen molar-refractivity contribution in [1.29, 1.82) is 0 Å². The molecule has 1 heterocycles. The third kappa shape index (κ3) is 9.23. The van der Waals surface area contributed by atoms with Crippen LogP contribution in [0.2, 0.25) is 0 Å². The van der Waals surface area contributed by atoms with E-state index < -0.39 is 0 Å². The van der Waals surface area contributed by atoms with E-state index in [-0.39, 0.29) is 37.2 Å². The Morgan fingerprint density at radius 1 is 1.20 bits per heavy atom. The summed E-state index contributed by atoms with van der Waals surface area (Å²) in [7, 11) is 3.36. The van der Waals surface area contributed by atoms with Crippen LogP contribution in [0.25, 0.3) is 0 Å². The average Bonchev–Trinajstić information content (AvgIpc) is 2.76. The maximum absolute atomic E-state index is 8.92. The first-order valence-corrected chi connectivity index (χ1v) is 10.4. The Bertz CT molecular complexity index is 625. The van der Waals surface area contributed by atoms with Crippen molar-refractivity contribution in [3.63, 3.8) is 0 Å². The van der Waals surface area contributed by atoms with E-state index in [1.165, 1.54) is 0 Å². The lowest BCUT2D eigenvalue weighted by molar-refractivity contribution is 0.128. The van der Waals surface area contributed by atoms with E-state index in [2.05, 4.69) is 22.5 Å². The molecule has 8 nitrogen and oxygen atoms in total. The van der Waals surface area contributed by atoms with Gasteiger partial charge in [0.05, 0.1) is 26.9 Å². The molecule has 1 aromatic carbocycles. The molecule has 9 heteroatoms. The van der Waals surface area contributed by atoms with Crippen LogP contribution in [0.4, 0.5) is 0 Å². The molecule has 172 valence electrons. The standard InChI is InChI=1S/C21H36N4O4.HI/c1-4-22-21(24-18-7-9-25(10-8-18)11-13-27-2)23-16-17-5-6-19(29-14-12-26)20(15-17)28-3;/h5-6,15,18,26H,4,7-14,16H2,1-3H3,(H2,22,23,24);1H. The van der Waals surface area contributed by atoms with E-state index in [1.807, 2.05) is 18.2 Å². The summed E-state index contributed by atoms with van der Waals surface area (Å²) in [5.74, 6) is 2.11. The first-order chi connectivity index (χ1) is 14.2. The molecule has 1 aliphatic rings. The van der Waals surface area contributed by atoms with Gasteiger partial charge in [0.15, 0.2) is 17.5 Å². The van der Waals surface area contributed by atoms with Crippen LogP contribution in [-0.2, 0) is 11.3 Å². The summed E-state index contributed by atoms with van der Waals surface area (Å²) in [6.45, 7) is 7.58. The molecule has 0 aromatic heterocycles. The Hall–Kier alpha value is -1.30. The number of methoxy groups -OCH3 is 2. The largest absolute Gasteiger partial charge is 0.493 e. The van der Waals surface area contributed by atoms with Crippen LogP contribution < -0.4 is 20.1 Å². The highest BCUT2D eigenvalue weighted by atomic mass is 127. The molecule has 0 spiro atoms. The van der Waals surface area contributed by atoms with Gasteiger partial charge in [-0.25, -0.2) is 4.99 Å². The van der Waals surface area contributed by atoms with Gasteiger partial charge in [0.1, 0.15) is 6.61 Å². The number of rotatable bonds is 11. The Balaban J connectivity index is 0.00000450. The van der Waals surface area contributed by atoms with Crippen LogP contribution in [0.3, 0.4) is 0 Å². The number of aliphatic hydroxyl groups is 1. The average molecular weight is 536 g/mol. The van der Waals surface area contributed by atoms with Crippen molar-refractivity contribution in [1.82, 2.24) is 15.5 Å². The predicted octanol–water partition coefficient (Wildman–Crippen LogP) is 1.85. The van der Waals surface area contributed by atoms with Gasteiger partial charge in [-0.2, -0.15) is 0 Å². The Morgan fingerprint density at radius 3 is 2.60 bits per heavy atom. The van der Waals surface area contributed by atoms with Crippen LogP contribution in [0.1, 0.15) is 25.3 Å². The van der Waals surface area contributed by atoms with E-state index in [9.17, 15) is 0 Å². The summed E-state index contributed by atoms with van der Waals surface area (Å²) in [6, 6.07) is 6.18. The molecular weight excluding hydrogens is 499 g/mol. The van der Waals surface area contributed by atoms with Gasteiger partial charge in [-0.05, 0) is 37.5 Å². The molecule has 3 N–H and O–H groups in total. The van der Waals surface area contributed by atoms with Crippen molar-refractivity contribution in [2.45, 2.75) is 32.4 Å². The van der Waals surface area contributed by atoms with E-state index in [4.69, 9.17) is 24.3 Å². The molecule has 0 saturated carbocycles. The lowest BCUT2D eigenvalue weighted by Gasteiger charge is -2.32. The predicted molar refractivity (Wildman–Crippen MR) is 130 cm³/mol. The maximum atomic E-state index is 8.92. The fourth-order valence-electron chi connectivity index (χ4n) is 3.29. The smallest absolute Gasteiger partial charge is 0.191 e. The monoisotopic (exact) mass is 536 g/mol. The van der Waals surface area contributed by atoms with Crippen LogP contribution in [0, 0.1) is 0 Å². The molecule has 0 bridgehead atoms. The first kappa shape index (κ1) is 26.7. The van der Waals surface area contributed by atoms with Crippen molar-refractivity contribution in [2.24, 2.45) is 4.99 Å². The lowest BCUT2D eigenvalue weighted by Crippen LogP contribution is -2.49. The lowest BCUT2D eigenvalue weighted by atomic mass is 10.1. The highest BCUT2D eigenvalue weighted by Crippen LogP contribution is 2.28. The highest BCUT2D eigenvalue weighted by molar-refractivity contribution is 14.0. The van der Waals surface area contributed by atoms with Gasteiger partial charge in [-0.1, -0.05) is 6.07 Å². The number of hydrogen-bond acceptors (Lipinski definition) is 6. The van der Waals surface area contributed by atoms with Gasteiger partial charge in [0.25, 0.3) is 0 Å². The third-order valence-corrected chi connectivity index (χ3v) is 4.88. The van der Waals surface area contributed by atoms with Crippen molar-refractivity contribution < 1.29 is 19.3 Å². The molecule has 0 aliphatic carbocycles. The molecule has 1 saturated heterocycles. The number of aliphatic imine (C=N–C) groups is 1. The highest BCUT2D eigenvalue weighted by Gasteiger charge is 2.19. The molecular formula is C21H37IN4O4. The maximum Gasteiger partial charge on any atom is 0.191 e. The van der Waals surface area contributed by atoms with Gasteiger partial charge >= 0.3 is 0 Å². The molecule has 30 heavy (non-hydrogen) atoms. The number of ether oxygens (including phenoxy) is 3. The summed E-state index contributed by atoms with van der Waals surface area (Å²) in [5, 5.41) is 15.8. The van der Waals surface area contributed by atoms with Gasteiger partial charge < -0.3 is 34.9 Å². The number of nitrogens with one attached hydrogen (secondary N) is 2. The SMILES string of the molecule is CCNC(=NCc1ccc(OCCO)c(OC)c1)NC1CCN(CCOC)CC1.I. The normalized spacial score (nSPS) is 15.4. The minimum atomic E-state index is -0.0295.